The molecule has 0 bridgehead atoms. The summed E-state index contributed by atoms with van der Waals surface area (Å²) >= 11 is 0. The van der Waals surface area contributed by atoms with Crippen LogP contribution in [0.1, 0.15) is 42.6 Å². The highest BCUT2D eigenvalue weighted by molar-refractivity contribution is 5.94. The average Bonchev–Trinajstić information content (AvgIpc) is 3.14. The van der Waals surface area contributed by atoms with E-state index in [0.29, 0.717) is 25.3 Å². The first-order valence-corrected chi connectivity index (χ1v) is 9.85. The molecule has 1 aromatic heterocycles. The Hall–Kier alpha value is -2.73. The van der Waals surface area contributed by atoms with Gasteiger partial charge in [-0.2, -0.15) is 0 Å². The van der Waals surface area contributed by atoms with Gasteiger partial charge in [0.2, 0.25) is 0 Å². The number of ether oxygens (including phenoxy) is 1. The molecule has 148 valence electrons. The number of carbonyl (C=O) groups is 1. The summed E-state index contributed by atoms with van der Waals surface area (Å²) in [7, 11) is 1.66. The monoisotopic (exact) mass is 380 g/mol. The summed E-state index contributed by atoms with van der Waals surface area (Å²) in [6, 6.07) is 15.9. The SMILES string of the molecule is CCC(CC)N(CCOC)C(=O)c1ccc(Cn2nnc3ccccc32)cc1. The molecule has 0 spiro atoms. The molecule has 1 amide bonds. The van der Waals surface area contributed by atoms with E-state index in [0.717, 1.165) is 29.4 Å². The molecule has 1 heterocycles. The van der Waals surface area contributed by atoms with Crippen molar-refractivity contribution in [2.24, 2.45) is 0 Å². The van der Waals surface area contributed by atoms with Crippen molar-refractivity contribution in [3.8, 4) is 0 Å². The van der Waals surface area contributed by atoms with Crippen LogP contribution in [-0.4, -0.2) is 52.1 Å². The molecular weight excluding hydrogens is 352 g/mol. The summed E-state index contributed by atoms with van der Waals surface area (Å²) in [6.07, 6.45) is 1.87. The number of nitrogens with zero attached hydrogens (tertiary/aromatic N) is 4. The van der Waals surface area contributed by atoms with Crippen LogP contribution < -0.4 is 0 Å². The molecule has 3 rings (SSSR count). The van der Waals surface area contributed by atoms with Crippen LogP contribution in [0.2, 0.25) is 0 Å². The fourth-order valence-electron chi connectivity index (χ4n) is 3.49. The summed E-state index contributed by atoms with van der Waals surface area (Å²) in [5.74, 6) is 0.0588. The number of benzene rings is 2. The summed E-state index contributed by atoms with van der Waals surface area (Å²) in [6.45, 7) is 6.00. The third-order valence-corrected chi connectivity index (χ3v) is 5.13. The second kappa shape index (κ2) is 9.46. The van der Waals surface area contributed by atoms with E-state index in [1.54, 1.807) is 7.11 Å². The molecule has 0 unspecified atom stereocenters. The molecule has 3 aromatic rings. The summed E-state index contributed by atoms with van der Waals surface area (Å²) < 4.78 is 7.08. The first kappa shape index (κ1) is 20.0. The van der Waals surface area contributed by atoms with Crippen LogP contribution >= 0.6 is 0 Å². The Morgan fingerprint density at radius 3 is 2.50 bits per heavy atom. The van der Waals surface area contributed by atoms with Crippen molar-refractivity contribution in [1.29, 1.82) is 0 Å². The second-order valence-corrected chi connectivity index (χ2v) is 6.89. The van der Waals surface area contributed by atoms with Gasteiger partial charge in [-0.25, -0.2) is 4.68 Å². The normalized spacial score (nSPS) is 11.3. The predicted octanol–water partition coefficient (Wildman–Crippen LogP) is 3.76. The Balaban J connectivity index is 1.75. The van der Waals surface area contributed by atoms with E-state index < -0.39 is 0 Å². The van der Waals surface area contributed by atoms with E-state index in [4.69, 9.17) is 4.74 Å². The van der Waals surface area contributed by atoms with Crippen molar-refractivity contribution in [3.63, 3.8) is 0 Å². The van der Waals surface area contributed by atoms with Crippen molar-refractivity contribution < 1.29 is 9.53 Å². The number of para-hydroxylation sites is 1. The molecule has 0 radical (unpaired) electrons. The summed E-state index contributed by atoms with van der Waals surface area (Å²) in [4.78, 5) is 15.0. The van der Waals surface area contributed by atoms with E-state index in [1.165, 1.54) is 0 Å². The number of carbonyl (C=O) groups excluding carboxylic acids is 1. The lowest BCUT2D eigenvalue weighted by Gasteiger charge is -2.30. The van der Waals surface area contributed by atoms with Gasteiger partial charge in [-0.05, 0) is 42.7 Å². The minimum Gasteiger partial charge on any atom is -0.383 e. The largest absolute Gasteiger partial charge is 0.383 e. The Morgan fingerprint density at radius 1 is 1.11 bits per heavy atom. The summed E-state index contributed by atoms with van der Waals surface area (Å²) in [5.41, 5.74) is 3.67. The van der Waals surface area contributed by atoms with Gasteiger partial charge in [0.1, 0.15) is 5.52 Å². The number of fused-ring (bicyclic) bond motifs is 1. The van der Waals surface area contributed by atoms with Gasteiger partial charge in [0, 0.05) is 25.3 Å². The number of aromatic nitrogens is 3. The van der Waals surface area contributed by atoms with Crippen molar-refractivity contribution in [2.75, 3.05) is 20.3 Å². The maximum atomic E-state index is 13.1. The topological polar surface area (TPSA) is 60.2 Å². The van der Waals surface area contributed by atoms with Gasteiger partial charge in [-0.3, -0.25) is 4.79 Å². The van der Waals surface area contributed by atoms with Crippen molar-refractivity contribution in [2.45, 2.75) is 39.3 Å². The lowest BCUT2D eigenvalue weighted by molar-refractivity contribution is 0.0589. The first-order chi connectivity index (χ1) is 13.7. The summed E-state index contributed by atoms with van der Waals surface area (Å²) in [5, 5.41) is 8.42. The van der Waals surface area contributed by atoms with Crippen LogP contribution in [0.4, 0.5) is 0 Å². The number of methoxy groups -OCH3 is 1. The van der Waals surface area contributed by atoms with Crippen LogP contribution in [0, 0.1) is 0 Å². The zero-order valence-corrected chi connectivity index (χ0v) is 16.8. The molecule has 0 aliphatic heterocycles. The molecule has 2 aromatic carbocycles. The maximum absolute atomic E-state index is 13.1. The molecule has 0 saturated carbocycles. The highest BCUT2D eigenvalue weighted by atomic mass is 16.5. The Morgan fingerprint density at radius 2 is 1.82 bits per heavy atom. The van der Waals surface area contributed by atoms with Crippen LogP contribution in [0.15, 0.2) is 48.5 Å². The zero-order valence-electron chi connectivity index (χ0n) is 16.8. The van der Waals surface area contributed by atoms with Crippen molar-refractivity contribution in [1.82, 2.24) is 19.9 Å². The van der Waals surface area contributed by atoms with Gasteiger partial charge in [0.15, 0.2) is 0 Å². The third-order valence-electron chi connectivity index (χ3n) is 5.13. The molecule has 0 aliphatic carbocycles. The van der Waals surface area contributed by atoms with Gasteiger partial charge in [0.25, 0.3) is 5.91 Å². The smallest absolute Gasteiger partial charge is 0.254 e. The van der Waals surface area contributed by atoms with E-state index in [1.807, 2.05) is 58.1 Å². The van der Waals surface area contributed by atoms with Gasteiger partial charge in [-0.1, -0.05) is 43.3 Å². The minimum atomic E-state index is 0.0588. The Bertz CT molecular complexity index is 900. The Kier molecular flexibility index (Phi) is 6.76. The molecule has 0 atom stereocenters. The minimum absolute atomic E-state index is 0.0588. The van der Waals surface area contributed by atoms with E-state index in [9.17, 15) is 4.79 Å². The molecule has 0 saturated heterocycles. The lowest BCUT2D eigenvalue weighted by Crippen LogP contribution is -2.41. The van der Waals surface area contributed by atoms with Gasteiger partial charge < -0.3 is 9.64 Å². The second-order valence-electron chi connectivity index (χ2n) is 6.89. The van der Waals surface area contributed by atoms with Crippen LogP contribution in [0.25, 0.3) is 11.0 Å². The highest BCUT2D eigenvalue weighted by Crippen LogP contribution is 2.16. The molecule has 0 N–H and O–H groups in total. The fourth-order valence-corrected chi connectivity index (χ4v) is 3.49. The van der Waals surface area contributed by atoms with Crippen LogP contribution in [-0.2, 0) is 11.3 Å². The Labute approximate surface area is 166 Å². The molecular formula is C22H28N4O2. The number of rotatable bonds is 9. The highest BCUT2D eigenvalue weighted by Gasteiger charge is 2.22. The lowest BCUT2D eigenvalue weighted by atomic mass is 10.1. The quantitative estimate of drug-likeness (QED) is 0.567. The van der Waals surface area contributed by atoms with Crippen molar-refractivity contribution >= 4 is 16.9 Å². The van der Waals surface area contributed by atoms with Gasteiger partial charge in [0.05, 0.1) is 18.7 Å². The number of hydrogen-bond acceptors (Lipinski definition) is 4. The third kappa shape index (κ3) is 4.39. The standard InChI is InChI=1S/C22H28N4O2/c1-4-19(5-2)25(14-15-28-3)22(27)18-12-10-17(11-13-18)16-26-21-9-7-6-8-20(21)23-24-26/h6-13,19H,4-5,14-16H2,1-3H3. The number of hydrogen-bond donors (Lipinski definition) is 0. The fraction of sp³-hybridized carbons (Fsp3) is 0.409. The molecule has 0 fully saturated rings. The number of amides is 1. The molecule has 0 aliphatic rings. The van der Waals surface area contributed by atoms with Gasteiger partial charge in [-0.15, -0.1) is 5.10 Å². The van der Waals surface area contributed by atoms with E-state index in [2.05, 4.69) is 24.2 Å². The average molecular weight is 380 g/mol. The first-order valence-electron chi connectivity index (χ1n) is 9.85. The molecule has 6 nitrogen and oxygen atoms in total. The predicted molar refractivity (Wildman–Crippen MR) is 110 cm³/mol. The molecule has 28 heavy (non-hydrogen) atoms. The molecule has 6 heteroatoms. The maximum Gasteiger partial charge on any atom is 0.254 e. The van der Waals surface area contributed by atoms with Gasteiger partial charge >= 0.3 is 0 Å². The zero-order chi connectivity index (χ0) is 19.9. The van der Waals surface area contributed by atoms with Crippen LogP contribution in [0.5, 0.6) is 0 Å². The van der Waals surface area contributed by atoms with E-state index >= 15 is 0 Å². The van der Waals surface area contributed by atoms with E-state index in [-0.39, 0.29) is 11.9 Å². The van der Waals surface area contributed by atoms with Crippen molar-refractivity contribution in [3.05, 3.63) is 59.7 Å². The van der Waals surface area contributed by atoms with Crippen LogP contribution in [0.3, 0.4) is 0 Å².